The van der Waals surface area contributed by atoms with E-state index in [1.165, 1.54) is 18.4 Å². The number of fused-ring (bicyclic) bond motifs is 1. The molecule has 0 spiro atoms. The SMILES string of the molecule is COCCNc1ccc2c(n1)CCN(C(=N)NC(=O)c1c(F)cc(OC)cc1-c1nccs1)C2. The van der Waals surface area contributed by atoms with Gasteiger partial charge in [0.2, 0.25) is 0 Å². The zero-order chi connectivity index (χ0) is 24.1. The molecule has 178 valence electrons. The molecule has 3 N–H and O–H groups in total. The van der Waals surface area contributed by atoms with Crippen LogP contribution in [0.5, 0.6) is 5.75 Å². The van der Waals surface area contributed by atoms with Crippen molar-refractivity contribution >= 4 is 29.0 Å². The number of carbonyl (C=O) groups excluding carboxylic acids is 1. The fourth-order valence-electron chi connectivity index (χ4n) is 3.69. The Morgan fingerprint density at radius 2 is 2.18 bits per heavy atom. The molecule has 0 bridgehead atoms. The molecule has 0 saturated carbocycles. The molecule has 0 radical (unpaired) electrons. The number of hydrogen-bond donors (Lipinski definition) is 3. The predicted molar refractivity (Wildman–Crippen MR) is 128 cm³/mol. The van der Waals surface area contributed by atoms with Crippen molar-refractivity contribution in [2.75, 3.05) is 39.2 Å². The number of aromatic nitrogens is 2. The monoisotopic (exact) mass is 484 g/mol. The molecular weight excluding hydrogens is 459 g/mol. The van der Waals surface area contributed by atoms with Crippen LogP contribution >= 0.6 is 11.3 Å². The number of ether oxygens (including phenoxy) is 2. The fourth-order valence-corrected chi connectivity index (χ4v) is 4.35. The number of amides is 1. The number of thiazole rings is 1. The number of nitrogens with one attached hydrogen (secondary N) is 3. The molecule has 3 aromatic rings. The number of guanidine groups is 1. The minimum atomic E-state index is -0.739. The van der Waals surface area contributed by atoms with E-state index in [2.05, 4.69) is 20.6 Å². The molecule has 0 unspecified atom stereocenters. The Balaban J connectivity index is 1.47. The molecule has 2 aromatic heterocycles. The lowest BCUT2D eigenvalue weighted by Crippen LogP contribution is -2.46. The maximum absolute atomic E-state index is 14.9. The van der Waals surface area contributed by atoms with Crippen molar-refractivity contribution in [1.82, 2.24) is 20.2 Å². The number of hydrogen-bond acceptors (Lipinski definition) is 8. The molecule has 0 saturated heterocycles. The van der Waals surface area contributed by atoms with Gasteiger partial charge >= 0.3 is 0 Å². The van der Waals surface area contributed by atoms with Gasteiger partial charge in [0.05, 0.1) is 19.3 Å². The number of rotatable bonds is 7. The van der Waals surface area contributed by atoms with Gasteiger partial charge in [0, 0.05) is 62.1 Å². The van der Waals surface area contributed by atoms with Gasteiger partial charge in [0.25, 0.3) is 5.91 Å². The largest absolute Gasteiger partial charge is 0.497 e. The van der Waals surface area contributed by atoms with E-state index in [4.69, 9.17) is 14.9 Å². The number of carbonyl (C=O) groups is 1. The van der Waals surface area contributed by atoms with Gasteiger partial charge in [-0.25, -0.2) is 14.4 Å². The van der Waals surface area contributed by atoms with Crippen LogP contribution in [-0.2, 0) is 17.7 Å². The van der Waals surface area contributed by atoms with E-state index in [1.54, 1.807) is 29.7 Å². The van der Waals surface area contributed by atoms with E-state index >= 15 is 0 Å². The summed E-state index contributed by atoms with van der Waals surface area (Å²) in [6.07, 6.45) is 2.20. The van der Waals surface area contributed by atoms with E-state index in [0.29, 0.717) is 43.2 Å². The third-order valence-electron chi connectivity index (χ3n) is 5.40. The van der Waals surface area contributed by atoms with E-state index in [0.717, 1.165) is 23.1 Å². The van der Waals surface area contributed by atoms with Gasteiger partial charge in [0.15, 0.2) is 5.96 Å². The van der Waals surface area contributed by atoms with Crippen molar-refractivity contribution < 1.29 is 18.7 Å². The second-order valence-corrected chi connectivity index (χ2v) is 8.46. The summed E-state index contributed by atoms with van der Waals surface area (Å²) in [4.78, 5) is 23.6. The molecule has 34 heavy (non-hydrogen) atoms. The van der Waals surface area contributed by atoms with Crippen molar-refractivity contribution in [3.63, 3.8) is 0 Å². The maximum Gasteiger partial charge on any atom is 0.261 e. The van der Waals surface area contributed by atoms with Gasteiger partial charge in [-0.3, -0.25) is 15.5 Å². The second-order valence-electron chi connectivity index (χ2n) is 7.57. The number of methoxy groups -OCH3 is 2. The van der Waals surface area contributed by atoms with Crippen LogP contribution in [0.4, 0.5) is 10.2 Å². The van der Waals surface area contributed by atoms with Crippen molar-refractivity contribution in [2.45, 2.75) is 13.0 Å². The van der Waals surface area contributed by atoms with Gasteiger partial charge in [-0.1, -0.05) is 6.07 Å². The number of pyridine rings is 1. The quantitative estimate of drug-likeness (QED) is 0.268. The normalized spacial score (nSPS) is 12.7. The zero-order valence-corrected chi connectivity index (χ0v) is 19.7. The van der Waals surface area contributed by atoms with E-state index in [9.17, 15) is 9.18 Å². The Morgan fingerprint density at radius 1 is 1.32 bits per heavy atom. The Hall–Kier alpha value is -3.57. The third kappa shape index (κ3) is 5.15. The van der Waals surface area contributed by atoms with Gasteiger partial charge in [-0.05, 0) is 17.7 Å². The highest BCUT2D eigenvalue weighted by atomic mass is 32.1. The smallest absolute Gasteiger partial charge is 0.261 e. The number of halogens is 1. The van der Waals surface area contributed by atoms with Crippen LogP contribution in [0.15, 0.2) is 35.8 Å². The summed E-state index contributed by atoms with van der Waals surface area (Å²) >= 11 is 1.29. The molecular formula is C23H25FN6O3S. The highest BCUT2D eigenvalue weighted by Gasteiger charge is 2.25. The highest BCUT2D eigenvalue weighted by Crippen LogP contribution is 2.32. The van der Waals surface area contributed by atoms with Gasteiger partial charge in [0.1, 0.15) is 22.4 Å². The van der Waals surface area contributed by atoms with Crippen LogP contribution in [0.25, 0.3) is 10.6 Å². The van der Waals surface area contributed by atoms with Gasteiger partial charge < -0.3 is 19.7 Å². The number of benzene rings is 1. The molecule has 1 aliphatic heterocycles. The molecule has 3 heterocycles. The van der Waals surface area contributed by atoms with E-state index < -0.39 is 11.7 Å². The fraction of sp³-hybridized carbons (Fsp3) is 0.304. The van der Waals surface area contributed by atoms with Crippen molar-refractivity contribution in [2.24, 2.45) is 0 Å². The third-order valence-corrected chi connectivity index (χ3v) is 6.20. The second kappa shape index (κ2) is 10.6. The zero-order valence-electron chi connectivity index (χ0n) is 18.9. The molecule has 1 amide bonds. The van der Waals surface area contributed by atoms with Crippen LogP contribution in [0.3, 0.4) is 0 Å². The van der Waals surface area contributed by atoms with Crippen LogP contribution in [0.1, 0.15) is 21.6 Å². The number of anilines is 1. The summed E-state index contributed by atoms with van der Waals surface area (Å²) in [7, 11) is 3.07. The van der Waals surface area contributed by atoms with Crippen LogP contribution in [0.2, 0.25) is 0 Å². The average Bonchev–Trinajstić information content (AvgIpc) is 3.38. The predicted octanol–water partition coefficient (Wildman–Crippen LogP) is 3.13. The number of nitrogens with zero attached hydrogens (tertiary/aromatic N) is 3. The van der Waals surface area contributed by atoms with E-state index in [-0.39, 0.29) is 17.3 Å². The summed E-state index contributed by atoms with van der Waals surface area (Å²) in [6, 6.07) is 6.56. The van der Waals surface area contributed by atoms with Gasteiger partial charge in [-0.15, -0.1) is 11.3 Å². The van der Waals surface area contributed by atoms with Crippen molar-refractivity contribution in [1.29, 1.82) is 5.41 Å². The first-order chi connectivity index (χ1) is 16.5. The topological polar surface area (TPSA) is 112 Å². The summed E-state index contributed by atoms with van der Waals surface area (Å²) < 4.78 is 25.1. The summed E-state index contributed by atoms with van der Waals surface area (Å²) in [6.45, 7) is 2.17. The minimum absolute atomic E-state index is 0.0988. The lowest BCUT2D eigenvalue weighted by Gasteiger charge is -2.30. The van der Waals surface area contributed by atoms with Crippen LogP contribution in [-0.4, -0.2) is 60.7 Å². The molecule has 11 heteroatoms. The molecule has 0 aliphatic carbocycles. The summed E-state index contributed by atoms with van der Waals surface area (Å²) in [5.74, 6) is -0.491. The lowest BCUT2D eigenvalue weighted by molar-refractivity contribution is 0.0967. The van der Waals surface area contributed by atoms with Crippen molar-refractivity contribution in [3.8, 4) is 16.3 Å². The first-order valence-electron chi connectivity index (χ1n) is 10.6. The van der Waals surface area contributed by atoms with Gasteiger partial charge in [-0.2, -0.15) is 0 Å². The molecule has 0 atom stereocenters. The maximum atomic E-state index is 14.9. The molecule has 9 nitrogen and oxygen atoms in total. The molecule has 0 fully saturated rings. The van der Waals surface area contributed by atoms with Crippen molar-refractivity contribution in [3.05, 3.63) is 58.5 Å². The summed E-state index contributed by atoms with van der Waals surface area (Å²) in [5.41, 5.74) is 2.07. The molecule has 4 rings (SSSR count). The Labute approximate surface area is 200 Å². The average molecular weight is 485 g/mol. The van der Waals surface area contributed by atoms with Crippen LogP contribution in [0, 0.1) is 11.2 Å². The lowest BCUT2D eigenvalue weighted by atomic mass is 10.0. The summed E-state index contributed by atoms with van der Waals surface area (Å²) in [5, 5.41) is 16.4. The highest BCUT2D eigenvalue weighted by molar-refractivity contribution is 7.13. The molecule has 1 aromatic carbocycles. The molecule has 1 aliphatic rings. The van der Waals surface area contributed by atoms with E-state index in [1.807, 2.05) is 12.1 Å². The Kier molecular flexibility index (Phi) is 7.33. The first-order valence-corrected chi connectivity index (χ1v) is 11.5. The van der Waals surface area contributed by atoms with Crippen LogP contribution < -0.4 is 15.4 Å². The minimum Gasteiger partial charge on any atom is -0.497 e. The standard InChI is InChI=1S/C23H25FN6O3S/c1-32-9-6-26-19-4-3-14-13-30(8-5-18(14)28-19)23(25)29-21(31)20-16(22-27-7-10-34-22)11-15(33-2)12-17(20)24/h3-4,7,10-12H,5-6,8-9,13H2,1-2H3,(H,26,28)(H2,25,29,31). The Bertz CT molecular complexity index is 1190. The first kappa shape index (κ1) is 23.6. The Morgan fingerprint density at radius 3 is 2.91 bits per heavy atom.